The van der Waals surface area contributed by atoms with Crippen molar-refractivity contribution in [1.82, 2.24) is 0 Å². The van der Waals surface area contributed by atoms with Gasteiger partial charge in [0.25, 0.3) is 0 Å². The second-order valence-corrected chi connectivity index (χ2v) is 5.49. The number of methoxy groups -OCH3 is 1. The molecular weight excluding hydrogens is 323 g/mol. The Bertz CT molecular complexity index is 633. The first-order chi connectivity index (χ1) is 9.49. The number of hydrogen-bond acceptors (Lipinski definition) is 2. The van der Waals surface area contributed by atoms with Crippen LogP contribution in [0.1, 0.15) is 21.5 Å². The van der Waals surface area contributed by atoms with Crippen molar-refractivity contribution < 1.29 is 13.9 Å². The Labute approximate surface area is 125 Å². The van der Waals surface area contributed by atoms with Gasteiger partial charge in [-0.05, 0) is 48.9 Å². The third-order valence-corrected chi connectivity index (χ3v) is 3.45. The minimum absolute atomic E-state index is 0.135. The molecule has 0 bridgehead atoms. The lowest BCUT2D eigenvalue weighted by molar-refractivity contribution is 0.0991. The number of Topliss-reactive ketones (excluding diaryl/α,β-unsaturated/α-hetero) is 1. The molecular formula is C16H14BrFO2. The minimum Gasteiger partial charge on any atom is -0.496 e. The fourth-order valence-corrected chi connectivity index (χ4v) is 2.47. The number of rotatable bonds is 4. The Hall–Kier alpha value is -1.68. The average molecular weight is 337 g/mol. The second-order valence-electron chi connectivity index (χ2n) is 4.57. The van der Waals surface area contributed by atoms with Crippen molar-refractivity contribution in [3.05, 3.63) is 63.4 Å². The van der Waals surface area contributed by atoms with Crippen molar-refractivity contribution in [3.63, 3.8) is 0 Å². The van der Waals surface area contributed by atoms with Crippen LogP contribution in [0.5, 0.6) is 5.75 Å². The first kappa shape index (κ1) is 14.7. The Balaban J connectivity index is 2.29. The van der Waals surface area contributed by atoms with Gasteiger partial charge in [-0.15, -0.1) is 0 Å². The number of aryl methyl sites for hydroxylation is 1. The fraction of sp³-hybridized carbons (Fsp3) is 0.188. The van der Waals surface area contributed by atoms with Gasteiger partial charge in [0, 0.05) is 22.0 Å². The van der Waals surface area contributed by atoms with Gasteiger partial charge in [0.1, 0.15) is 11.6 Å². The van der Waals surface area contributed by atoms with Gasteiger partial charge in [-0.25, -0.2) is 4.39 Å². The molecule has 0 fully saturated rings. The summed E-state index contributed by atoms with van der Waals surface area (Å²) in [6.45, 7) is 1.76. The van der Waals surface area contributed by atoms with Gasteiger partial charge in [-0.3, -0.25) is 4.79 Å². The summed E-state index contributed by atoms with van der Waals surface area (Å²) in [5, 5.41) is 0. The Morgan fingerprint density at radius 2 is 2.00 bits per heavy atom. The maximum atomic E-state index is 13.4. The number of carbonyl (C=O) groups excluding carboxylic acids is 1. The van der Waals surface area contributed by atoms with Crippen LogP contribution >= 0.6 is 15.9 Å². The van der Waals surface area contributed by atoms with Crippen LogP contribution in [-0.2, 0) is 6.42 Å². The smallest absolute Gasteiger partial charge is 0.167 e. The molecule has 0 aliphatic rings. The number of hydrogen-bond donors (Lipinski definition) is 0. The highest BCUT2D eigenvalue weighted by Gasteiger charge is 2.12. The van der Waals surface area contributed by atoms with Gasteiger partial charge in [0.05, 0.1) is 7.11 Å². The summed E-state index contributed by atoms with van der Waals surface area (Å²) < 4.78 is 19.5. The van der Waals surface area contributed by atoms with Crippen LogP contribution in [-0.4, -0.2) is 12.9 Å². The number of halogens is 2. The topological polar surface area (TPSA) is 26.3 Å². The maximum Gasteiger partial charge on any atom is 0.167 e. The molecule has 0 N–H and O–H groups in total. The van der Waals surface area contributed by atoms with Crippen LogP contribution < -0.4 is 4.74 Å². The van der Waals surface area contributed by atoms with E-state index >= 15 is 0 Å². The Kier molecular flexibility index (Phi) is 4.55. The summed E-state index contributed by atoms with van der Waals surface area (Å²) in [4.78, 5) is 12.3. The van der Waals surface area contributed by atoms with Crippen molar-refractivity contribution >= 4 is 21.7 Å². The van der Waals surface area contributed by atoms with Crippen LogP contribution in [0.15, 0.2) is 40.9 Å². The molecule has 0 spiro atoms. The monoisotopic (exact) mass is 336 g/mol. The second kappa shape index (κ2) is 6.18. The molecule has 4 heteroatoms. The van der Waals surface area contributed by atoms with E-state index < -0.39 is 5.82 Å². The first-order valence-corrected chi connectivity index (χ1v) is 6.91. The third kappa shape index (κ3) is 3.45. The van der Waals surface area contributed by atoms with E-state index in [2.05, 4.69) is 15.9 Å². The molecule has 20 heavy (non-hydrogen) atoms. The standard InChI is InChI=1S/C16H14BrFO2/c1-10-5-11(8-14(18)6-10)15(19)9-12-7-13(17)3-4-16(12)20-2/h3-8H,9H2,1-2H3. The first-order valence-electron chi connectivity index (χ1n) is 6.12. The van der Waals surface area contributed by atoms with Crippen molar-refractivity contribution in [3.8, 4) is 5.75 Å². The van der Waals surface area contributed by atoms with E-state index in [1.807, 2.05) is 12.1 Å². The molecule has 0 heterocycles. The van der Waals surface area contributed by atoms with Crippen LogP contribution in [0.4, 0.5) is 4.39 Å². The van der Waals surface area contributed by atoms with Gasteiger partial charge in [-0.1, -0.05) is 15.9 Å². The number of ketones is 1. The van der Waals surface area contributed by atoms with Crippen LogP contribution in [0.2, 0.25) is 0 Å². The van der Waals surface area contributed by atoms with E-state index in [9.17, 15) is 9.18 Å². The highest BCUT2D eigenvalue weighted by atomic mass is 79.9. The van der Waals surface area contributed by atoms with E-state index in [1.165, 1.54) is 12.1 Å². The summed E-state index contributed by atoms with van der Waals surface area (Å²) in [6.07, 6.45) is 0.172. The average Bonchev–Trinajstić information content (AvgIpc) is 2.37. The molecule has 2 aromatic carbocycles. The lowest BCUT2D eigenvalue weighted by Crippen LogP contribution is -2.06. The molecule has 0 saturated carbocycles. The number of carbonyl (C=O) groups is 1. The zero-order valence-corrected chi connectivity index (χ0v) is 12.8. The zero-order valence-electron chi connectivity index (χ0n) is 11.2. The normalized spacial score (nSPS) is 10.4. The lowest BCUT2D eigenvalue weighted by Gasteiger charge is -2.09. The van der Waals surface area contributed by atoms with E-state index in [1.54, 1.807) is 26.2 Å². The molecule has 0 aromatic heterocycles. The zero-order chi connectivity index (χ0) is 14.7. The third-order valence-electron chi connectivity index (χ3n) is 2.96. The quantitative estimate of drug-likeness (QED) is 0.776. The van der Waals surface area contributed by atoms with Crippen LogP contribution in [0, 0.1) is 12.7 Å². The highest BCUT2D eigenvalue weighted by Crippen LogP contribution is 2.24. The summed E-state index contributed by atoms with van der Waals surface area (Å²) >= 11 is 3.37. The van der Waals surface area contributed by atoms with E-state index in [4.69, 9.17) is 4.74 Å². The highest BCUT2D eigenvalue weighted by molar-refractivity contribution is 9.10. The SMILES string of the molecule is COc1ccc(Br)cc1CC(=O)c1cc(C)cc(F)c1. The summed E-state index contributed by atoms with van der Waals surface area (Å²) in [5.74, 6) is 0.119. The van der Waals surface area contributed by atoms with Crippen LogP contribution in [0.3, 0.4) is 0 Å². The van der Waals surface area contributed by atoms with E-state index in [-0.39, 0.29) is 12.2 Å². The van der Waals surface area contributed by atoms with Gasteiger partial charge in [-0.2, -0.15) is 0 Å². The van der Waals surface area contributed by atoms with Crippen molar-refractivity contribution in [2.24, 2.45) is 0 Å². The predicted molar refractivity (Wildman–Crippen MR) is 79.9 cm³/mol. The molecule has 2 rings (SSSR count). The molecule has 104 valence electrons. The Morgan fingerprint density at radius 1 is 1.25 bits per heavy atom. The lowest BCUT2D eigenvalue weighted by atomic mass is 10.0. The van der Waals surface area contributed by atoms with Gasteiger partial charge >= 0.3 is 0 Å². The van der Waals surface area contributed by atoms with Crippen molar-refractivity contribution in [2.75, 3.05) is 7.11 Å². The van der Waals surface area contributed by atoms with Crippen molar-refractivity contribution in [1.29, 1.82) is 0 Å². The van der Waals surface area contributed by atoms with Crippen LogP contribution in [0.25, 0.3) is 0 Å². The minimum atomic E-state index is -0.394. The molecule has 2 nitrogen and oxygen atoms in total. The van der Waals surface area contributed by atoms with E-state index in [0.717, 1.165) is 15.6 Å². The summed E-state index contributed by atoms with van der Waals surface area (Å²) in [7, 11) is 1.56. The number of ether oxygens (including phenoxy) is 1. The van der Waals surface area contributed by atoms with Gasteiger partial charge < -0.3 is 4.74 Å². The van der Waals surface area contributed by atoms with Gasteiger partial charge in [0.15, 0.2) is 5.78 Å². The molecule has 0 atom stereocenters. The number of benzene rings is 2. The van der Waals surface area contributed by atoms with E-state index in [0.29, 0.717) is 11.3 Å². The van der Waals surface area contributed by atoms with Crippen molar-refractivity contribution in [2.45, 2.75) is 13.3 Å². The molecule has 0 aliphatic carbocycles. The molecule has 0 aliphatic heterocycles. The predicted octanol–water partition coefficient (Wildman–Crippen LogP) is 4.33. The van der Waals surface area contributed by atoms with Gasteiger partial charge in [0.2, 0.25) is 0 Å². The molecule has 0 amide bonds. The Morgan fingerprint density at radius 3 is 2.65 bits per heavy atom. The molecule has 0 saturated heterocycles. The summed E-state index contributed by atoms with van der Waals surface area (Å²) in [6, 6.07) is 9.83. The maximum absolute atomic E-state index is 13.4. The fourth-order valence-electron chi connectivity index (χ4n) is 2.06. The molecule has 0 radical (unpaired) electrons. The molecule has 0 unspecified atom stereocenters. The summed E-state index contributed by atoms with van der Waals surface area (Å²) in [5.41, 5.74) is 1.88. The molecule has 2 aromatic rings. The largest absolute Gasteiger partial charge is 0.496 e.